The third-order valence-electron chi connectivity index (χ3n) is 4.19. The van der Waals surface area contributed by atoms with Crippen LogP contribution in [0.1, 0.15) is 23.4 Å². The fourth-order valence-corrected chi connectivity index (χ4v) is 3.73. The van der Waals surface area contributed by atoms with E-state index in [4.69, 9.17) is 0 Å². The molecule has 0 aliphatic heterocycles. The second-order valence-electron chi connectivity index (χ2n) is 5.71. The Morgan fingerprint density at radius 2 is 1.96 bits per heavy atom. The summed E-state index contributed by atoms with van der Waals surface area (Å²) in [4.78, 5) is 5.98. The van der Waals surface area contributed by atoms with Crippen LogP contribution in [0.4, 0.5) is 0 Å². The summed E-state index contributed by atoms with van der Waals surface area (Å²) in [5.74, 6) is 0.999. The molecule has 0 saturated heterocycles. The Bertz CT molecular complexity index is 907. The summed E-state index contributed by atoms with van der Waals surface area (Å²) in [5.41, 5.74) is 2.37. The van der Waals surface area contributed by atoms with Gasteiger partial charge in [-0.2, -0.15) is 5.10 Å². The highest BCUT2D eigenvalue weighted by Crippen LogP contribution is 2.29. The Balaban J connectivity index is 1.74. The zero-order chi connectivity index (χ0) is 16.4. The van der Waals surface area contributed by atoms with Crippen molar-refractivity contribution in [3.05, 3.63) is 83.1 Å². The first-order chi connectivity index (χ1) is 11.8. The van der Waals surface area contributed by atoms with Crippen molar-refractivity contribution in [1.29, 1.82) is 0 Å². The molecule has 0 amide bonds. The molecule has 1 unspecified atom stereocenters. The second-order valence-corrected chi connectivity index (χ2v) is 6.69. The van der Waals surface area contributed by atoms with Crippen LogP contribution in [-0.2, 0) is 6.54 Å². The monoisotopic (exact) mass is 334 g/mol. The molecule has 0 spiro atoms. The first-order valence-corrected chi connectivity index (χ1v) is 8.83. The molecule has 3 aromatic heterocycles. The van der Waals surface area contributed by atoms with E-state index in [2.05, 4.69) is 69.5 Å². The van der Waals surface area contributed by atoms with Gasteiger partial charge in [0.1, 0.15) is 5.82 Å². The molecule has 0 bridgehead atoms. The molecule has 1 aromatic carbocycles. The average molecular weight is 334 g/mol. The molecular formula is C19H18N4S. The van der Waals surface area contributed by atoms with Crippen LogP contribution in [0.25, 0.3) is 11.4 Å². The van der Waals surface area contributed by atoms with E-state index in [1.54, 1.807) is 11.3 Å². The predicted molar refractivity (Wildman–Crippen MR) is 97.1 cm³/mol. The van der Waals surface area contributed by atoms with Crippen molar-refractivity contribution in [1.82, 2.24) is 19.3 Å². The van der Waals surface area contributed by atoms with Crippen molar-refractivity contribution in [2.24, 2.45) is 0 Å². The van der Waals surface area contributed by atoms with Gasteiger partial charge in [-0.25, -0.2) is 4.98 Å². The summed E-state index contributed by atoms with van der Waals surface area (Å²) < 4.78 is 4.18. The maximum absolute atomic E-state index is 4.65. The smallest absolute Gasteiger partial charge is 0.140 e. The van der Waals surface area contributed by atoms with Crippen molar-refractivity contribution in [2.75, 3.05) is 0 Å². The van der Waals surface area contributed by atoms with Crippen molar-refractivity contribution in [3.63, 3.8) is 0 Å². The molecule has 120 valence electrons. The van der Waals surface area contributed by atoms with Gasteiger partial charge in [0.05, 0.1) is 12.6 Å². The van der Waals surface area contributed by atoms with E-state index in [0.717, 1.165) is 17.9 Å². The number of rotatable bonds is 5. The minimum atomic E-state index is 0.264. The fourth-order valence-electron chi connectivity index (χ4n) is 2.95. The highest BCUT2D eigenvalue weighted by molar-refractivity contribution is 7.10. The molecule has 4 aromatic rings. The van der Waals surface area contributed by atoms with Gasteiger partial charge in [0.2, 0.25) is 0 Å². The van der Waals surface area contributed by atoms with E-state index >= 15 is 0 Å². The summed E-state index contributed by atoms with van der Waals surface area (Å²) in [7, 11) is 0. The normalized spacial score (nSPS) is 12.4. The van der Waals surface area contributed by atoms with E-state index < -0.39 is 0 Å². The van der Waals surface area contributed by atoms with E-state index in [1.807, 2.05) is 29.3 Å². The summed E-state index contributed by atoms with van der Waals surface area (Å²) in [6.45, 7) is 2.95. The van der Waals surface area contributed by atoms with Crippen LogP contribution in [0.15, 0.2) is 72.6 Å². The predicted octanol–water partition coefficient (Wildman–Crippen LogP) is 4.47. The molecule has 3 heterocycles. The summed E-state index contributed by atoms with van der Waals surface area (Å²) >= 11 is 1.78. The van der Waals surface area contributed by atoms with E-state index in [0.29, 0.717) is 0 Å². The Morgan fingerprint density at radius 3 is 2.75 bits per heavy atom. The number of imidazole rings is 1. The van der Waals surface area contributed by atoms with Gasteiger partial charge in [0.15, 0.2) is 0 Å². The van der Waals surface area contributed by atoms with Crippen LogP contribution >= 0.6 is 11.3 Å². The number of nitrogens with zero attached hydrogens (tertiary/aromatic N) is 4. The van der Waals surface area contributed by atoms with Crippen LogP contribution in [0.5, 0.6) is 0 Å². The Morgan fingerprint density at radius 1 is 1.04 bits per heavy atom. The Hall–Kier alpha value is -2.66. The second kappa shape index (κ2) is 6.45. The van der Waals surface area contributed by atoms with Gasteiger partial charge in [-0.1, -0.05) is 30.3 Å². The van der Waals surface area contributed by atoms with E-state index in [1.165, 1.54) is 10.4 Å². The van der Waals surface area contributed by atoms with Gasteiger partial charge in [0, 0.05) is 35.2 Å². The molecule has 0 aliphatic carbocycles. The van der Waals surface area contributed by atoms with Gasteiger partial charge in [-0.15, -0.1) is 11.3 Å². The molecule has 0 N–H and O–H groups in total. The lowest BCUT2D eigenvalue weighted by atomic mass is 10.1. The van der Waals surface area contributed by atoms with E-state index in [9.17, 15) is 0 Å². The molecular weight excluding hydrogens is 316 g/mol. The summed E-state index contributed by atoms with van der Waals surface area (Å²) in [5, 5.41) is 6.44. The molecule has 0 radical (unpaired) electrons. The molecule has 5 heteroatoms. The summed E-state index contributed by atoms with van der Waals surface area (Å²) in [6, 6.07) is 14.9. The molecule has 4 rings (SSSR count). The quantitative estimate of drug-likeness (QED) is 0.540. The van der Waals surface area contributed by atoms with Crippen LogP contribution in [0.2, 0.25) is 0 Å². The fraction of sp³-hybridized carbons (Fsp3) is 0.158. The highest BCUT2D eigenvalue weighted by atomic mass is 32.1. The largest absolute Gasteiger partial charge is 0.323 e. The number of hydrogen-bond donors (Lipinski definition) is 0. The molecule has 0 aliphatic rings. The van der Waals surface area contributed by atoms with Gasteiger partial charge < -0.3 is 4.57 Å². The lowest BCUT2D eigenvalue weighted by molar-refractivity contribution is 0.653. The molecule has 1 atom stereocenters. The highest BCUT2D eigenvalue weighted by Gasteiger charge is 2.16. The van der Waals surface area contributed by atoms with Crippen molar-refractivity contribution < 1.29 is 0 Å². The minimum absolute atomic E-state index is 0.264. The Kier molecular flexibility index (Phi) is 4.01. The third kappa shape index (κ3) is 2.78. The Labute approximate surface area is 145 Å². The number of benzene rings is 1. The van der Waals surface area contributed by atoms with Crippen molar-refractivity contribution in [3.8, 4) is 11.4 Å². The maximum atomic E-state index is 4.65. The zero-order valence-electron chi connectivity index (χ0n) is 13.4. The number of thiophene rings is 1. The average Bonchev–Trinajstić information content (AvgIpc) is 3.36. The minimum Gasteiger partial charge on any atom is -0.323 e. The van der Waals surface area contributed by atoms with Crippen LogP contribution in [-0.4, -0.2) is 19.3 Å². The van der Waals surface area contributed by atoms with Gasteiger partial charge in [-0.05, 0) is 30.0 Å². The lowest BCUT2D eigenvalue weighted by Gasteiger charge is -2.17. The molecule has 0 saturated carbocycles. The van der Waals surface area contributed by atoms with E-state index in [-0.39, 0.29) is 6.04 Å². The molecule has 4 nitrogen and oxygen atoms in total. The van der Waals surface area contributed by atoms with Crippen LogP contribution in [0, 0.1) is 0 Å². The topological polar surface area (TPSA) is 35.6 Å². The third-order valence-corrected chi connectivity index (χ3v) is 5.23. The van der Waals surface area contributed by atoms with Crippen molar-refractivity contribution >= 4 is 11.3 Å². The van der Waals surface area contributed by atoms with Gasteiger partial charge >= 0.3 is 0 Å². The van der Waals surface area contributed by atoms with Crippen LogP contribution in [0.3, 0.4) is 0 Å². The summed E-state index contributed by atoms with van der Waals surface area (Å²) in [6.07, 6.45) is 7.73. The maximum Gasteiger partial charge on any atom is 0.140 e. The SMILES string of the molecule is CC(c1cccs1)n1ccnc1-c1ccccc1Cn1cccn1. The van der Waals surface area contributed by atoms with Gasteiger partial charge in [0.25, 0.3) is 0 Å². The molecule has 0 fully saturated rings. The first kappa shape index (κ1) is 14.9. The van der Waals surface area contributed by atoms with Crippen LogP contribution < -0.4 is 0 Å². The standard InChI is InChI=1S/C19H18N4S/c1-15(18-8-4-13-24-18)23-12-10-20-19(23)17-7-3-2-6-16(17)14-22-11-5-9-21-22/h2-13,15H,14H2,1H3. The number of hydrogen-bond acceptors (Lipinski definition) is 3. The molecule has 24 heavy (non-hydrogen) atoms. The van der Waals surface area contributed by atoms with Crippen molar-refractivity contribution in [2.45, 2.75) is 19.5 Å². The zero-order valence-corrected chi connectivity index (χ0v) is 14.2. The lowest BCUT2D eigenvalue weighted by Crippen LogP contribution is -2.08. The number of aromatic nitrogens is 4. The first-order valence-electron chi connectivity index (χ1n) is 7.95. The van der Waals surface area contributed by atoms with Gasteiger partial charge in [-0.3, -0.25) is 4.68 Å².